The van der Waals surface area contributed by atoms with Crippen molar-refractivity contribution in [3.8, 4) is 0 Å². The van der Waals surface area contributed by atoms with Crippen molar-refractivity contribution in [2.24, 2.45) is 0 Å². The van der Waals surface area contributed by atoms with Gasteiger partial charge in [0.05, 0.1) is 12.2 Å². The Morgan fingerprint density at radius 1 is 1.48 bits per heavy atom. The third-order valence-electron chi connectivity index (χ3n) is 3.74. The molecule has 110 valence electrons. The van der Waals surface area contributed by atoms with E-state index in [4.69, 9.17) is 0 Å². The number of carbonyl (C=O) groups excluding carboxylic acids is 1. The Bertz CT molecular complexity index is 585. The van der Waals surface area contributed by atoms with Crippen LogP contribution in [-0.4, -0.2) is 38.7 Å². The molecule has 2 atom stereocenters. The Morgan fingerprint density at radius 3 is 3.00 bits per heavy atom. The molecule has 21 heavy (non-hydrogen) atoms. The second-order valence-corrected chi connectivity index (χ2v) is 5.16. The molecule has 2 aromatic heterocycles. The van der Waals surface area contributed by atoms with Crippen molar-refractivity contribution in [1.82, 2.24) is 25.5 Å². The smallest absolute Gasteiger partial charge is 0.243 e. The molecule has 7 heteroatoms. The van der Waals surface area contributed by atoms with Gasteiger partial charge in [0.25, 0.3) is 0 Å². The summed E-state index contributed by atoms with van der Waals surface area (Å²) in [5, 5.41) is 9.69. The van der Waals surface area contributed by atoms with E-state index < -0.39 is 0 Å². The largest absolute Gasteiger partial charge is 0.348 e. The topological polar surface area (TPSA) is 86.8 Å². The van der Waals surface area contributed by atoms with Crippen LogP contribution in [0.5, 0.6) is 0 Å². The molecule has 1 saturated heterocycles. The molecule has 3 rings (SSSR count). The molecule has 0 saturated carbocycles. The van der Waals surface area contributed by atoms with Crippen molar-refractivity contribution in [1.29, 1.82) is 0 Å². The van der Waals surface area contributed by atoms with Crippen molar-refractivity contribution >= 4 is 11.9 Å². The van der Waals surface area contributed by atoms with E-state index >= 15 is 0 Å². The lowest BCUT2D eigenvalue weighted by molar-refractivity contribution is -0.122. The first kappa shape index (κ1) is 13.5. The maximum absolute atomic E-state index is 12.5. The van der Waals surface area contributed by atoms with Gasteiger partial charge in [0, 0.05) is 30.7 Å². The Kier molecular flexibility index (Phi) is 3.81. The number of carbonyl (C=O) groups is 1. The molecule has 7 nitrogen and oxygen atoms in total. The second-order valence-electron chi connectivity index (χ2n) is 5.16. The molecule has 2 unspecified atom stereocenters. The van der Waals surface area contributed by atoms with Gasteiger partial charge in [-0.2, -0.15) is 5.10 Å². The van der Waals surface area contributed by atoms with Crippen molar-refractivity contribution in [3.63, 3.8) is 0 Å². The van der Waals surface area contributed by atoms with Gasteiger partial charge < -0.3 is 10.2 Å². The van der Waals surface area contributed by atoms with Crippen molar-refractivity contribution < 1.29 is 4.79 Å². The molecule has 1 aliphatic heterocycles. The van der Waals surface area contributed by atoms with E-state index in [1.165, 1.54) is 0 Å². The van der Waals surface area contributed by atoms with Crippen LogP contribution in [0.3, 0.4) is 0 Å². The summed E-state index contributed by atoms with van der Waals surface area (Å²) in [6.07, 6.45) is 8.70. The number of aromatic nitrogens is 4. The SMILES string of the molecule is CC(NC(=O)C1CCCN1c1ncccn1)c1cn[nH]c1. The molecule has 0 bridgehead atoms. The van der Waals surface area contributed by atoms with Gasteiger partial charge >= 0.3 is 0 Å². The molecule has 1 aliphatic rings. The fourth-order valence-electron chi connectivity index (χ4n) is 2.61. The van der Waals surface area contributed by atoms with Gasteiger partial charge in [-0.05, 0) is 25.8 Å². The number of rotatable bonds is 4. The van der Waals surface area contributed by atoms with Crippen LogP contribution in [0.4, 0.5) is 5.95 Å². The molecule has 0 radical (unpaired) electrons. The molecular formula is C14H18N6O. The molecule has 0 aromatic carbocycles. The van der Waals surface area contributed by atoms with E-state index in [-0.39, 0.29) is 18.0 Å². The summed E-state index contributed by atoms with van der Waals surface area (Å²) in [6.45, 7) is 2.75. The summed E-state index contributed by atoms with van der Waals surface area (Å²) in [5.41, 5.74) is 0.962. The predicted octanol–water partition coefficient (Wildman–Crippen LogP) is 1.05. The molecule has 1 fully saturated rings. The number of amides is 1. The highest BCUT2D eigenvalue weighted by Gasteiger charge is 2.32. The van der Waals surface area contributed by atoms with Crippen molar-refractivity contribution in [3.05, 3.63) is 36.4 Å². The highest BCUT2D eigenvalue weighted by molar-refractivity contribution is 5.85. The first-order chi connectivity index (χ1) is 10.3. The molecular weight excluding hydrogens is 268 g/mol. The number of nitrogens with zero attached hydrogens (tertiary/aromatic N) is 4. The van der Waals surface area contributed by atoms with Gasteiger partial charge in [-0.1, -0.05) is 0 Å². The zero-order valence-corrected chi connectivity index (χ0v) is 11.9. The predicted molar refractivity (Wildman–Crippen MR) is 77.5 cm³/mol. The molecule has 2 N–H and O–H groups in total. The monoisotopic (exact) mass is 286 g/mol. The fourth-order valence-corrected chi connectivity index (χ4v) is 2.61. The molecule has 3 heterocycles. The minimum atomic E-state index is -0.207. The van der Waals surface area contributed by atoms with Crippen LogP contribution in [0, 0.1) is 0 Å². The highest BCUT2D eigenvalue weighted by atomic mass is 16.2. The van der Waals surface area contributed by atoms with Crippen LogP contribution in [0.25, 0.3) is 0 Å². The lowest BCUT2D eigenvalue weighted by atomic mass is 10.1. The van der Waals surface area contributed by atoms with Crippen LogP contribution in [0.15, 0.2) is 30.9 Å². The minimum Gasteiger partial charge on any atom is -0.348 e. The van der Waals surface area contributed by atoms with Gasteiger partial charge in [-0.3, -0.25) is 9.89 Å². The van der Waals surface area contributed by atoms with Gasteiger partial charge in [-0.25, -0.2) is 9.97 Å². The van der Waals surface area contributed by atoms with E-state index in [2.05, 4.69) is 25.5 Å². The highest BCUT2D eigenvalue weighted by Crippen LogP contribution is 2.22. The van der Waals surface area contributed by atoms with Crippen LogP contribution in [0.1, 0.15) is 31.4 Å². The standard InChI is InChI=1S/C14H18N6O/c1-10(11-8-17-18-9-11)19-13(21)12-4-2-7-20(12)14-15-5-3-6-16-14/h3,5-6,8-10,12H,2,4,7H2,1H3,(H,17,18)(H,19,21). The van der Waals surface area contributed by atoms with Crippen LogP contribution in [0.2, 0.25) is 0 Å². The lowest BCUT2D eigenvalue weighted by Crippen LogP contribution is -2.44. The van der Waals surface area contributed by atoms with Crippen LogP contribution < -0.4 is 10.2 Å². The van der Waals surface area contributed by atoms with Crippen molar-refractivity contribution in [2.45, 2.75) is 31.8 Å². The number of hydrogen-bond donors (Lipinski definition) is 2. The summed E-state index contributed by atoms with van der Waals surface area (Å²) >= 11 is 0. The third-order valence-corrected chi connectivity index (χ3v) is 3.74. The average Bonchev–Trinajstić information content (AvgIpc) is 3.19. The molecule has 1 amide bonds. The fraction of sp³-hybridized carbons (Fsp3) is 0.429. The first-order valence-corrected chi connectivity index (χ1v) is 7.08. The molecule has 0 spiro atoms. The molecule has 0 aliphatic carbocycles. The third kappa shape index (κ3) is 2.86. The maximum atomic E-state index is 12.5. The number of H-pyrrole nitrogens is 1. The van der Waals surface area contributed by atoms with E-state index in [9.17, 15) is 4.79 Å². The summed E-state index contributed by atoms with van der Waals surface area (Å²) < 4.78 is 0. The normalized spacial score (nSPS) is 19.5. The maximum Gasteiger partial charge on any atom is 0.243 e. The lowest BCUT2D eigenvalue weighted by Gasteiger charge is -2.25. The first-order valence-electron chi connectivity index (χ1n) is 7.08. The Hall–Kier alpha value is -2.44. The average molecular weight is 286 g/mol. The van der Waals surface area contributed by atoms with E-state index in [1.54, 1.807) is 30.9 Å². The second kappa shape index (κ2) is 5.90. The van der Waals surface area contributed by atoms with Gasteiger partial charge in [-0.15, -0.1) is 0 Å². The summed E-state index contributed by atoms with van der Waals surface area (Å²) in [7, 11) is 0. The van der Waals surface area contributed by atoms with Crippen molar-refractivity contribution in [2.75, 3.05) is 11.4 Å². The van der Waals surface area contributed by atoms with E-state index in [0.717, 1.165) is 24.9 Å². The number of aromatic amines is 1. The zero-order chi connectivity index (χ0) is 14.7. The Morgan fingerprint density at radius 2 is 2.29 bits per heavy atom. The van der Waals surface area contributed by atoms with E-state index in [1.807, 2.05) is 11.8 Å². The summed E-state index contributed by atoms with van der Waals surface area (Å²) in [5.74, 6) is 0.625. The van der Waals surface area contributed by atoms with E-state index in [0.29, 0.717) is 5.95 Å². The number of nitrogens with one attached hydrogen (secondary N) is 2. The Labute approximate surface area is 122 Å². The quantitative estimate of drug-likeness (QED) is 0.877. The molecule has 2 aromatic rings. The minimum absolute atomic E-state index is 0.00801. The van der Waals surface area contributed by atoms with Crippen LogP contribution >= 0.6 is 0 Å². The van der Waals surface area contributed by atoms with Gasteiger partial charge in [0.1, 0.15) is 6.04 Å². The summed E-state index contributed by atoms with van der Waals surface area (Å²) in [4.78, 5) is 22.9. The zero-order valence-electron chi connectivity index (χ0n) is 11.9. The van der Waals surface area contributed by atoms with Gasteiger partial charge in [0.2, 0.25) is 11.9 Å². The Balaban J connectivity index is 1.69. The van der Waals surface area contributed by atoms with Crippen LogP contribution in [-0.2, 0) is 4.79 Å². The summed E-state index contributed by atoms with van der Waals surface area (Å²) in [6, 6.07) is 1.49. The number of hydrogen-bond acceptors (Lipinski definition) is 5. The van der Waals surface area contributed by atoms with Gasteiger partial charge in [0.15, 0.2) is 0 Å². The number of anilines is 1.